The van der Waals surface area contributed by atoms with E-state index < -0.39 is 11.9 Å². The van der Waals surface area contributed by atoms with E-state index in [4.69, 9.17) is 10.5 Å². The van der Waals surface area contributed by atoms with Crippen LogP contribution in [0.4, 0.5) is 5.69 Å². The predicted molar refractivity (Wildman–Crippen MR) is 79.7 cm³/mol. The van der Waals surface area contributed by atoms with Crippen LogP contribution < -0.4 is 15.8 Å². The normalized spacial score (nSPS) is 11.7. The first-order valence-electron chi connectivity index (χ1n) is 6.37. The van der Waals surface area contributed by atoms with Crippen molar-refractivity contribution in [2.45, 2.75) is 13.0 Å². The fourth-order valence-electron chi connectivity index (χ4n) is 2.02. The molecule has 0 aliphatic heterocycles. The van der Waals surface area contributed by atoms with Gasteiger partial charge in [-0.1, -0.05) is 35.9 Å². The quantitative estimate of drug-likeness (QED) is 0.877. The van der Waals surface area contributed by atoms with Crippen LogP contribution in [-0.2, 0) is 4.79 Å². The van der Waals surface area contributed by atoms with Crippen molar-refractivity contribution in [2.24, 2.45) is 5.73 Å². The van der Waals surface area contributed by atoms with Gasteiger partial charge in [0.05, 0.1) is 7.11 Å². The van der Waals surface area contributed by atoms with E-state index in [1.54, 1.807) is 7.11 Å². The first kappa shape index (κ1) is 13.9. The number of primary amides is 1. The third kappa shape index (κ3) is 3.09. The first-order valence-corrected chi connectivity index (χ1v) is 6.37. The number of carbonyl (C=O) groups is 1. The lowest BCUT2D eigenvalue weighted by molar-refractivity contribution is -0.118. The van der Waals surface area contributed by atoms with E-state index in [1.165, 1.54) is 0 Å². The maximum Gasteiger partial charge on any atom is 0.244 e. The third-order valence-electron chi connectivity index (χ3n) is 3.10. The zero-order valence-corrected chi connectivity index (χ0v) is 11.6. The molecule has 20 heavy (non-hydrogen) atoms. The maximum atomic E-state index is 11.7. The van der Waals surface area contributed by atoms with E-state index in [1.807, 2.05) is 55.5 Å². The van der Waals surface area contributed by atoms with E-state index in [2.05, 4.69) is 5.32 Å². The van der Waals surface area contributed by atoms with Crippen LogP contribution in [0.5, 0.6) is 5.75 Å². The number of anilines is 1. The summed E-state index contributed by atoms with van der Waals surface area (Å²) in [5.74, 6) is 0.186. The summed E-state index contributed by atoms with van der Waals surface area (Å²) < 4.78 is 5.29. The predicted octanol–water partition coefficient (Wildman–Crippen LogP) is 2.64. The number of rotatable bonds is 5. The number of methoxy groups -OCH3 is 1. The van der Waals surface area contributed by atoms with Crippen LogP contribution in [0.3, 0.4) is 0 Å². The number of hydrogen-bond donors (Lipinski definition) is 2. The molecule has 0 aliphatic carbocycles. The Bertz CT molecular complexity index is 594. The summed E-state index contributed by atoms with van der Waals surface area (Å²) in [4.78, 5) is 11.7. The number of carbonyl (C=O) groups excluding carboxylic acids is 1. The minimum atomic E-state index is -0.631. The molecule has 2 rings (SSSR count). The second kappa shape index (κ2) is 6.10. The highest BCUT2D eigenvalue weighted by atomic mass is 16.5. The van der Waals surface area contributed by atoms with Crippen molar-refractivity contribution >= 4 is 11.6 Å². The van der Waals surface area contributed by atoms with Gasteiger partial charge in [0, 0.05) is 11.3 Å². The van der Waals surface area contributed by atoms with Gasteiger partial charge in [-0.2, -0.15) is 0 Å². The van der Waals surface area contributed by atoms with Crippen molar-refractivity contribution in [1.29, 1.82) is 0 Å². The van der Waals surface area contributed by atoms with E-state index in [0.717, 1.165) is 16.8 Å². The van der Waals surface area contributed by atoms with E-state index in [0.29, 0.717) is 5.75 Å². The summed E-state index contributed by atoms with van der Waals surface area (Å²) in [6.45, 7) is 2.01. The van der Waals surface area contributed by atoms with Crippen LogP contribution in [0.2, 0.25) is 0 Å². The van der Waals surface area contributed by atoms with Crippen molar-refractivity contribution in [2.75, 3.05) is 12.4 Å². The topological polar surface area (TPSA) is 64.3 Å². The highest BCUT2D eigenvalue weighted by molar-refractivity contribution is 5.85. The Morgan fingerprint density at radius 2 is 1.80 bits per heavy atom. The first-order chi connectivity index (χ1) is 9.61. The lowest BCUT2D eigenvalue weighted by atomic mass is 10.0. The molecule has 0 spiro atoms. The van der Waals surface area contributed by atoms with E-state index >= 15 is 0 Å². The van der Waals surface area contributed by atoms with Crippen molar-refractivity contribution in [3.05, 3.63) is 59.7 Å². The number of amides is 1. The Balaban J connectivity index is 2.32. The average Bonchev–Trinajstić information content (AvgIpc) is 2.46. The molecule has 0 saturated carbocycles. The van der Waals surface area contributed by atoms with Gasteiger partial charge < -0.3 is 15.8 Å². The number of ether oxygens (including phenoxy) is 1. The van der Waals surface area contributed by atoms with E-state index in [9.17, 15) is 4.79 Å². The number of benzene rings is 2. The van der Waals surface area contributed by atoms with Gasteiger partial charge in [0.1, 0.15) is 11.8 Å². The number of para-hydroxylation sites is 1. The summed E-state index contributed by atoms with van der Waals surface area (Å²) in [5, 5.41) is 3.14. The molecule has 2 aromatic rings. The van der Waals surface area contributed by atoms with Gasteiger partial charge in [-0.15, -0.1) is 0 Å². The van der Waals surface area contributed by atoms with Gasteiger partial charge in [0.2, 0.25) is 5.91 Å². The molecule has 3 N–H and O–H groups in total. The molecule has 0 bridgehead atoms. The highest BCUT2D eigenvalue weighted by Gasteiger charge is 2.21. The number of nitrogens with two attached hydrogens (primary N) is 1. The van der Waals surface area contributed by atoms with E-state index in [-0.39, 0.29) is 0 Å². The summed E-state index contributed by atoms with van der Waals surface area (Å²) in [6, 6.07) is 14.5. The largest absolute Gasteiger partial charge is 0.496 e. The Morgan fingerprint density at radius 1 is 1.15 bits per heavy atom. The van der Waals surface area contributed by atoms with Crippen LogP contribution in [-0.4, -0.2) is 13.0 Å². The molecule has 4 nitrogen and oxygen atoms in total. The molecule has 0 fully saturated rings. The highest BCUT2D eigenvalue weighted by Crippen LogP contribution is 2.27. The lowest BCUT2D eigenvalue weighted by Crippen LogP contribution is -2.28. The molecule has 1 atom stereocenters. The summed E-state index contributed by atoms with van der Waals surface area (Å²) in [5.41, 5.74) is 8.23. The third-order valence-corrected chi connectivity index (χ3v) is 3.10. The van der Waals surface area contributed by atoms with Gasteiger partial charge in [0.25, 0.3) is 0 Å². The zero-order valence-electron chi connectivity index (χ0n) is 11.6. The molecule has 104 valence electrons. The van der Waals surface area contributed by atoms with Gasteiger partial charge in [-0.3, -0.25) is 4.79 Å². The van der Waals surface area contributed by atoms with Crippen LogP contribution in [0, 0.1) is 6.92 Å². The number of nitrogens with one attached hydrogen (secondary N) is 1. The number of aryl methyl sites for hydroxylation is 1. The lowest BCUT2D eigenvalue weighted by Gasteiger charge is -2.19. The standard InChI is InChI=1S/C16H18N2O2/c1-11-7-9-12(10-8-11)18-15(16(17)19)13-5-3-4-6-14(13)20-2/h3-10,15,18H,1-2H3,(H2,17,19). The fourth-order valence-corrected chi connectivity index (χ4v) is 2.02. The van der Waals surface area contributed by atoms with Gasteiger partial charge >= 0.3 is 0 Å². The van der Waals surface area contributed by atoms with Crippen molar-refractivity contribution < 1.29 is 9.53 Å². The zero-order chi connectivity index (χ0) is 14.5. The number of hydrogen-bond acceptors (Lipinski definition) is 3. The van der Waals surface area contributed by atoms with Crippen molar-refractivity contribution in [1.82, 2.24) is 0 Å². The maximum absolute atomic E-state index is 11.7. The Kier molecular flexibility index (Phi) is 4.25. The molecule has 0 radical (unpaired) electrons. The van der Waals surface area contributed by atoms with Crippen LogP contribution >= 0.6 is 0 Å². The summed E-state index contributed by atoms with van der Waals surface area (Å²) >= 11 is 0. The SMILES string of the molecule is COc1ccccc1C(Nc1ccc(C)cc1)C(N)=O. The van der Waals surface area contributed by atoms with Crippen molar-refractivity contribution in [3.63, 3.8) is 0 Å². The Hall–Kier alpha value is -2.49. The molecular formula is C16H18N2O2. The minimum Gasteiger partial charge on any atom is -0.496 e. The van der Waals surface area contributed by atoms with Gasteiger partial charge in [-0.25, -0.2) is 0 Å². The molecule has 4 heteroatoms. The average molecular weight is 270 g/mol. The van der Waals surface area contributed by atoms with Crippen molar-refractivity contribution in [3.8, 4) is 5.75 Å². The smallest absolute Gasteiger partial charge is 0.244 e. The second-order valence-corrected chi connectivity index (χ2v) is 4.59. The molecule has 0 aliphatic rings. The molecular weight excluding hydrogens is 252 g/mol. The summed E-state index contributed by atoms with van der Waals surface area (Å²) in [7, 11) is 1.57. The minimum absolute atomic E-state index is 0.449. The van der Waals surface area contributed by atoms with Gasteiger partial charge in [-0.05, 0) is 25.1 Å². The monoisotopic (exact) mass is 270 g/mol. The van der Waals surface area contributed by atoms with Gasteiger partial charge in [0.15, 0.2) is 0 Å². The molecule has 2 aromatic carbocycles. The van der Waals surface area contributed by atoms with Crippen LogP contribution in [0.15, 0.2) is 48.5 Å². The Labute approximate surface area is 118 Å². The molecule has 1 unspecified atom stereocenters. The molecule has 0 aromatic heterocycles. The fraction of sp³-hybridized carbons (Fsp3) is 0.188. The molecule has 0 saturated heterocycles. The van der Waals surface area contributed by atoms with Crippen LogP contribution in [0.1, 0.15) is 17.2 Å². The Morgan fingerprint density at radius 3 is 2.40 bits per heavy atom. The second-order valence-electron chi connectivity index (χ2n) is 4.59. The molecule has 1 amide bonds. The summed E-state index contributed by atoms with van der Waals surface area (Å²) in [6.07, 6.45) is 0. The molecule has 0 heterocycles. The van der Waals surface area contributed by atoms with Crippen LogP contribution in [0.25, 0.3) is 0 Å².